The molecule has 4 heteroatoms. The number of methoxy groups -OCH3 is 2. The summed E-state index contributed by atoms with van der Waals surface area (Å²) in [6.45, 7) is 22.4. The minimum atomic E-state index is 0.485. The van der Waals surface area contributed by atoms with Crippen molar-refractivity contribution in [3.8, 4) is 0 Å². The van der Waals surface area contributed by atoms with Gasteiger partial charge in [-0.05, 0) is 80.1 Å². The maximum Gasteiger partial charge on any atom is 0.0589 e. The van der Waals surface area contributed by atoms with Crippen LogP contribution in [0.4, 0.5) is 0 Å². The Morgan fingerprint density at radius 3 is 1.50 bits per heavy atom. The third-order valence-corrected chi connectivity index (χ3v) is 7.49. The van der Waals surface area contributed by atoms with E-state index in [1.807, 2.05) is 0 Å². The van der Waals surface area contributed by atoms with E-state index in [0.717, 1.165) is 31.5 Å². The monoisotopic (exact) mass is 476 g/mol. The van der Waals surface area contributed by atoms with Crippen molar-refractivity contribution in [1.29, 1.82) is 0 Å². The Bertz CT molecular complexity index is 605. The van der Waals surface area contributed by atoms with Crippen LogP contribution < -0.4 is 0 Å². The van der Waals surface area contributed by atoms with E-state index in [0.29, 0.717) is 10.8 Å². The fourth-order valence-corrected chi connectivity index (χ4v) is 5.04. The summed E-state index contributed by atoms with van der Waals surface area (Å²) in [6.07, 6.45) is 5.42. The molecule has 2 saturated heterocycles. The van der Waals surface area contributed by atoms with Crippen LogP contribution in [0.1, 0.15) is 72.8 Å². The summed E-state index contributed by atoms with van der Waals surface area (Å²) in [6, 6.07) is 10.8. The molecule has 2 heterocycles. The molecule has 1 aromatic rings. The van der Waals surface area contributed by atoms with Gasteiger partial charge in [-0.25, -0.2) is 0 Å². The van der Waals surface area contributed by atoms with Gasteiger partial charge in [0.2, 0.25) is 0 Å². The number of likely N-dealkylation sites (tertiary alicyclic amines) is 2. The summed E-state index contributed by atoms with van der Waals surface area (Å²) in [5.41, 5.74) is 2.42. The molecule has 34 heavy (non-hydrogen) atoms. The van der Waals surface area contributed by atoms with E-state index >= 15 is 0 Å². The Labute approximate surface area is 212 Å². The van der Waals surface area contributed by atoms with Crippen molar-refractivity contribution < 1.29 is 9.47 Å². The Morgan fingerprint density at radius 1 is 0.706 bits per heavy atom. The van der Waals surface area contributed by atoms with Gasteiger partial charge in [0.15, 0.2) is 0 Å². The minimum absolute atomic E-state index is 0.485. The van der Waals surface area contributed by atoms with Crippen LogP contribution in [0.25, 0.3) is 0 Å². The van der Waals surface area contributed by atoms with Crippen molar-refractivity contribution >= 4 is 0 Å². The lowest BCUT2D eigenvalue weighted by Crippen LogP contribution is -2.39. The van der Waals surface area contributed by atoms with Gasteiger partial charge in [-0.15, -0.1) is 0 Å². The van der Waals surface area contributed by atoms with Crippen LogP contribution in [0.3, 0.4) is 0 Å². The van der Waals surface area contributed by atoms with Crippen molar-refractivity contribution in [2.75, 3.05) is 60.7 Å². The zero-order valence-corrected chi connectivity index (χ0v) is 24.0. The summed E-state index contributed by atoms with van der Waals surface area (Å²) in [7, 11) is 5.03. The molecule has 2 fully saturated rings. The molecule has 0 saturated carbocycles. The lowest BCUT2D eigenvalue weighted by atomic mass is 9.75. The molecule has 0 radical (unpaired) electrons. The van der Waals surface area contributed by atoms with E-state index in [1.165, 1.54) is 57.4 Å². The van der Waals surface area contributed by atoms with Gasteiger partial charge in [-0.3, -0.25) is 4.90 Å². The largest absolute Gasteiger partial charge is 0.388 e. The summed E-state index contributed by atoms with van der Waals surface area (Å²) in [5, 5.41) is 0. The van der Waals surface area contributed by atoms with E-state index < -0.39 is 0 Å². The first-order valence-electron chi connectivity index (χ1n) is 13.4. The van der Waals surface area contributed by atoms with E-state index in [2.05, 4.69) is 86.4 Å². The number of hydrogen-bond acceptors (Lipinski definition) is 4. The van der Waals surface area contributed by atoms with Crippen LogP contribution in [-0.4, -0.2) is 70.5 Å². The first-order chi connectivity index (χ1) is 16.0. The number of ether oxygens (including phenoxy) is 2. The molecule has 1 aromatic carbocycles. The highest BCUT2D eigenvalue weighted by molar-refractivity contribution is 5.14. The second kappa shape index (κ2) is 15.9. The van der Waals surface area contributed by atoms with Gasteiger partial charge in [0.25, 0.3) is 0 Å². The van der Waals surface area contributed by atoms with Gasteiger partial charge in [0, 0.05) is 34.4 Å². The minimum Gasteiger partial charge on any atom is -0.388 e. The second-order valence-electron chi connectivity index (χ2n) is 12.3. The molecule has 0 aliphatic carbocycles. The van der Waals surface area contributed by atoms with Crippen molar-refractivity contribution in [2.45, 2.75) is 73.8 Å². The van der Waals surface area contributed by atoms with Gasteiger partial charge in [-0.2, -0.15) is 0 Å². The van der Waals surface area contributed by atoms with Crippen LogP contribution in [0.15, 0.2) is 30.3 Å². The lowest BCUT2D eigenvalue weighted by molar-refractivity contribution is 0.0863. The van der Waals surface area contributed by atoms with E-state index in [4.69, 9.17) is 4.74 Å². The molecule has 0 amide bonds. The van der Waals surface area contributed by atoms with Crippen molar-refractivity contribution in [3.05, 3.63) is 35.9 Å². The topological polar surface area (TPSA) is 24.9 Å². The quantitative estimate of drug-likeness (QED) is 0.478. The van der Waals surface area contributed by atoms with Crippen molar-refractivity contribution in [3.63, 3.8) is 0 Å². The summed E-state index contributed by atoms with van der Waals surface area (Å²) in [4.78, 5) is 5.11. The highest BCUT2D eigenvalue weighted by Crippen LogP contribution is 2.35. The summed E-state index contributed by atoms with van der Waals surface area (Å²) < 4.78 is 9.35. The van der Waals surface area contributed by atoms with E-state index in [1.54, 1.807) is 21.3 Å². The number of piperidine rings is 2. The fraction of sp³-hybridized carbons (Fsp3) is 0.800. The zero-order valence-electron chi connectivity index (χ0n) is 24.0. The smallest absolute Gasteiger partial charge is 0.0589 e. The van der Waals surface area contributed by atoms with Crippen LogP contribution in [0, 0.1) is 22.7 Å². The Balaban J connectivity index is 0.000000310. The predicted molar refractivity (Wildman–Crippen MR) is 147 cm³/mol. The van der Waals surface area contributed by atoms with Crippen LogP contribution >= 0.6 is 0 Å². The van der Waals surface area contributed by atoms with Crippen LogP contribution in [0.2, 0.25) is 0 Å². The first-order valence-corrected chi connectivity index (χ1v) is 13.4. The molecule has 0 aromatic heterocycles. The maximum absolute atomic E-state index is 5.10. The Hall–Kier alpha value is -0.940. The van der Waals surface area contributed by atoms with E-state index in [-0.39, 0.29) is 0 Å². The standard InChI is InChI=1S/C16H25N.C12H25NO.C2H6O/c1-16(2,3)15-9-11-17(12-10-15)13-14-7-5-4-6-8-14;1-12(2,3)11-5-7-13(8-6-11)9-10-14-4;1-3-2/h4-8,15H,9-13H2,1-3H3;11H,5-10H2,1-4H3;1-2H3. The van der Waals surface area contributed by atoms with Crippen LogP contribution in [0.5, 0.6) is 0 Å². The normalized spacial score (nSPS) is 19.1. The number of nitrogens with zero attached hydrogens (tertiary/aromatic N) is 2. The van der Waals surface area contributed by atoms with Gasteiger partial charge in [0.05, 0.1) is 6.61 Å². The first kappa shape index (κ1) is 31.1. The average Bonchev–Trinajstić information content (AvgIpc) is 2.79. The molecule has 198 valence electrons. The van der Waals surface area contributed by atoms with Crippen molar-refractivity contribution in [1.82, 2.24) is 9.80 Å². The van der Waals surface area contributed by atoms with Gasteiger partial charge >= 0.3 is 0 Å². The molecular formula is C30H56N2O2. The molecule has 2 aliphatic heterocycles. The SMILES string of the molecule is CC(C)(C)C1CCN(Cc2ccccc2)CC1.COC.COCCN1CCC(C(C)(C)C)CC1. The third-order valence-electron chi connectivity index (χ3n) is 7.49. The summed E-state index contributed by atoms with van der Waals surface area (Å²) >= 11 is 0. The molecule has 0 bridgehead atoms. The number of benzene rings is 1. The molecule has 0 unspecified atom stereocenters. The highest BCUT2D eigenvalue weighted by Gasteiger charge is 2.29. The third kappa shape index (κ3) is 12.7. The second-order valence-corrected chi connectivity index (χ2v) is 12.3. The zero-order chi connectivity index (χ0) is 25.6. The average molecular weight is 477 g/mol. The fourth-order valence-electron chi connectivity index (χ4n) is 5.04. The Morgan fingerprint density at radius 2 is 1.12 bits per heavy atom. The molecular weight excluding hydrogens is 420 g/mol. The van der Waals surface area contributed by atoms with E-state index in [9.17, 15) is 0 Å². The molecule has 0 N–H and O–H groups in total. The summed E-state index contributed by atoms with van der Waals surface area (Å²) in [5.74, 6) is 1.80. The van der Waals surface area contributed by atoms with Crippen LogP contribution in [-0.2, 0) is 16.0 Å². The van der Waals surface area contributed by atoms with Gasteiger partial charge in [0.1, 0.15) is 0 Å². The number of rotatable bonds is 5. The molecule has 3 rings (SSSR count). The molecule has 2 aliphatic rings. The highest BCUT2D eigenvalue weighted by atomic mass is 16.5. The number of hydrogen-bond donors (Lipinski definition) is 0. The molecule has 0 atom stereocenters. The van der Waals surface area contributed by atoms with Crippen molar-refractivity contribution in [2.24, 2.45) is 22.7 Å². The predicted octanol–water partition coefficient (Wildman–Crippen LogP) is 6.60. The molecule has 4 nitrogen and oxygen atoms in total. The Kier molecular flexibility index (Phi) is 14.6. The lowest BCUT2D eigenvalue weighted by Gasteiger charge is -2.38. The van der Waals surface area contributed by atoms with Gasteiger partial charge in [-0.1, -0.05) is 71.9 Å². The molecule has 0 spiro atoms. The van der Waals surface area contributed by atoms with Gasteiger partial charge < -0.3 is 14.4 Å². The maximum atomic E-state index is 5.10.